The van der Waals surface area contributed by atoms with E-state index in [1.54, 1.807) is 11.3 Å². The predicted octanol–water partition coefficient (Wildman–Crippen LogP) is 4.09. The smallest absolute Gasteiger partial charge is 0.134 e. The molecule has 0 amide bonds. The third-order valence-corrected chi connectivity index (χ3v) is 4.52. The molecule has 0 spiro atoms. The molecule has 0 aromatic carbocycles. The lowest BCUT2D eigenvalue weighted by atomic mass is 10.2. The van der Waals surface area contributed by atoms with Crippen molar-refractivity contribution in [2.24, 2.45) is 0 Å². The van der Waals surface area contributed by atoms with E-state index >= 15 is 0 Å². The van der Waals surface area contributed by atoms with E-state index in [0.717, 1.165) is 32.8 Å². The largest absolute Gasteiger partial charge is 0.373 e. The van der Waals surface area contributed by atoms with Crippen LogP contribution in [0.1, 0.15) is 30.1 Å². The monoisotopic (exact) mass is 279 g/mol. The molecule has 1 N–H and O–H groups in total. The summed E-state index contributed by atoms with van der Waals surface area (Å²) in [6.07, 6.45) is 2.40. The SMILES string of the molecule is CNc1nc(C2CC2)nc(-c2sccc2Cl)c1C. The van der Waals surface area contributed by atoms with E-state index in [-0.39, 0.29) is 0 Å². The highest BCUT2D eigenvalue weighted by atomic mass is 35.5. The fourth-order valence-corrected chi connectivity index (χ4v) is 3.18. The Morgan fingerprint density at radius 1 is 1.39 bits per heavy atom. The normalized spacial score (nSPS) is 14.8. The molecule has 0 unspecified atom stereocenters. The maximum atomic E-state index is 6.22. The van der Waals surface area contributed by atoms with Gasteiger partial charge < -0.3 is 5.32 Å². The fraction of sp³-hybridized carbons (Fsp3) is 0.385. The minimum atomic E-state index is 0.537. The van der Waals surface area contributed by atoms with Crippen molar-refractivity contribution in [2.45, 2.75) is 25.7 Å². The first-order chi connectivity index (χ1) is 8.70. The standard InChI is InChI=1S/C13H14ClN3S/c1-7-10(11-9(14)5-6-18-11)16-13(8-3-4-8)17-12(7)15-2/h5-6,8H,3-4H2,1-2H3,(H,15,16,17). The summed E-state index contributed by atoms with van der Waals surface area (Å²) >= 11 is 7.85. The molecule has 0 aliphatic heterocycles. The number of nitrogens with zero attached hydrogens (tertiary/aromatic N) is 2. The van der Waals surface area contributed by atoms with Crippen LogP contribution in [0.2, 0.25) is 5.02 Å². The molecule has 1 fully saturated rings. The van der Waals surface area contributed by atoms with Gasteiger partial charge in [-0.2, -0.15) is 0 Å². The minimum Gasteiger partial charge on any atom is -0.373 e. The highest BCUT2D eigenvalue weighted by Gasteiger charge is 2.28. The quantitative estimate of drug-likeness (QED) is 0.920. The average Bonchev–Trinajstić information content (AvgIpc) is 3.13. The van der Waals surface area contributed by atoms with Crippen LogP contribution in [0.5, 0.6) is 0 Å². The van der Waals surface area contributed by atoms with Crippen LogP contribution >= 0.6 is 22.9 Å². The Morgan fingerprint density at radius 3 is 2.72 bits per heavy atom. The zero-order valence-electron chi connectivity index (χ0n) is 10.3. The van der Waals surface area contributed by atoms with Crippen molar-refractivity contribution in [3.05, 3.63) is 27.9 Å². The highest BCUT2D eigenvalue weighted by Crippen LogP contribution is 2.41. The Morgan fingerprint density at radius 2 is 2.17 bits per heavy atom. The molecule has 1 aliphatic rings. The molecule has 94 valence electrons. The molecule has 0 atom stereocenters. The molecule has 2 heterocycles. The van der Waals surface area contributed by atoms with Crippen LogP contribution in [0.4, 0.5) is 5.82 Å². The molecule has 1 aliphatic carbocycles. The van der Waals surface area contributed by atoms with Gasteiger partial charge in [-0.1, -0.05) is 11.6 Å². The molecule has 2 aromatic rings. The zero-order chi connectivity index (χ0) is 12.7. The van der Waals surface area contributed by atoms with E-state index in [1.807, 2.05) is 25.4 Å². The Balaban J connectivity index is 2.18. The predicted molar refractivity (Wildman–Crippen MR) is 76.6 cm³/mol. The Bertz CT molecular complexity index is 590. The van der Waals surface area contributed by atoms with Crippen LogP contribution in [0.3, 0.4) is 0 Å². The van der Waals surface area contributed by atoms with E-state index in [1.165, 1.54) is 12.8 Å². The summed E-state index contributed by atoms with van der Waals surface area (Å²) in [7, 11) is 1.89. The molecule has 0 saturated heterocycles. The average molecular weight is 280 g/mol. The van der Waals surface area contributed by atoms with Gasteiger partial charge in [0.05, 0.1) is 15.6 Å². The van der Waals surface area contributed by atoms with Gasteiger partial charge in [0, 0.05) is 18.5 Å². The van der Waals surface area contributed by atoms with Crippen molar-refractivity contribution in [3.8, 4) is 10.6 Å². The van der Waals surface area contributed by atoms with Crippen LogP contribution in [0.25, 0.3) is 10.6 Å². The summed E-state index contributed by atoms with van der Waals surface area (Å²) in [6, 6.07) is 1.92. The molecule has 0 bridgehead atoms. The lowest BCUT2D eigenvalue weighted by Crippen LogP contribution is -2.04. The van der Waals surface area contributed by atoms with Crippen molar-refractivity contribution < 1.29 is 0 Å². The summed E-state index contributed by atoms with van der Waals surface area (Å²) in [5.41, 5.74) is 2.03. The summed E-state index contributed by atoms with van der Waals surface area (Å²) in [5.74, 6) is 2.39. The van der Waals surface area contributed by atoms with E-state index in [0.29, 0.717) is 5.92 Å². The van der Waals surface area contributed by atoms with Gasteiger partial charge in [-0.15, -0.1) is 11.3 Å². The highest BCUT2D eigenvalue weighted by molar-refractivity contribution is 7.14. The van der Waals surface area contributed by atoms with Gasteiger partial charge in [0.1, 0.15) is 11.6 Å². The number of aromatic nitrogens is 2. The molecule has 2 aromatic heterocycles. The van der Waals surface area contributed by atoms with Crippen molar-refractivity contribution in [3.63, 3.8) is 0 Å². The minimum absolute atomic E-state index is 0.537. The molecule has 3 rings (SSSR count). The van der Waals surface area contributed by atoms with Crippen LogP contribution < -0.4 is 5.32 Å². The number of hydrogen-bond donors (Lipinski definition) is 1. The molecule has 1 saturated carbocycles. The summed E-state index contributed by atoms with van der Waals surface area (Å²) in [6.45, 7) is 2.04. The fourth-order valence-electron chi connectivity index (χ4n) is 1.99. The van der Waals surface area contributed by atoms with Gasteiger partial charge >= 0.3 is 0 Å². The van der Waals surface area contributed by atoms with E-state index in [4.69, 9.17) is 16.6 Å². The second kappa shape index (κ2) is 4.52. The number of hydrogen-bond acceptors (Lipinski definition) is 4. The lowest BCUT2D eigenvalue weighted by molar-refractivity contribution is 0.925. The molecular formula is C13H14ClN3S. The van der Waals surface area contributed by atoms with Gasteiger partial charge in [-0.25, -0.2) is 9.97 Å². The molecular weight excluding hydrogens is 266 g/mol. The first-order valence-electron chi connectivity index (χ1n) is 6.00. The van der Waals surface area contributed by atoms with Crippen LogP contribution in [0, 0.1) is 6.92 Å². The van der Waals surface area contributed by atoms with Crippen molar-refractivity contribution >= 4 is 28.8 Å². The van der Waals surface area contributed by atoms with Crippen molar-refractivity contribution in [1.29, 1.82) is 0 Å². The van der Waals surface area contributed by atoms with Crippen molar-refractivity contribution in [1.82, 2.24) is 9.97 Å². The zero-order valence-corrected chi connectivity index (χ0v) is 11.9. The van der Waals surface area contributed by atoms with Crippen LogP contribution in [-0.2, 0) is 0 Å². The number of rotatable bonds is 3. The number of anilines is 1. The van der Waals surface area contributed by atoms with Crippen LogP contribution in [0.15, 0.2) is 11.4 Å². The van der Waals surface area contributed by atoms with E-state index in [2.05, 4.69) is 10.3 Å². The Hall–Kier alpha value is -1.13. The Kier molecular flexibility index (Phi) is 2.99. The molecule has 5 heteroatoms. The van der Waals surface area contributed by atoms with E-state index in [9.17, 15) is 0 Å². The van der Waals surface area contributed by atoms with Gasteiger partial charge in [-0.3, -0.25) is 0 Å². The summed E-state index contributed by atoms with van der Waals surface area (Å²) in [4.78, 5) is 10.4. The summed E-state index contributed by atoms with van der Waals surface area (Å²) < 4.78 is 0. The van der Waals surface area contributed by atoms with E-state index < -0.39 is 0 Å². The number of thiophene rings is 1. The molecule has 18 heavy (non-hydrogen) atoms. The second-order valence-corrected chi connectivity index (χ2v) is 5.85. The van der Waals surface area contributed by atoms with Crippen LogP contribution in [-0.4, -0.2) is 17.0 Å². The molecule has 3 nitrogen and oxygen atoms in total. The summed E-state index contributed by atoms with van der Waals surface area (Å²) in [5, 5.41) is 5.91. The lowest BCUT2D eigenvalue weighted by Gasteiger charge is -2.11. The van der Waals surface area contributed by atoms with Gasteiger partial charge in [-0.05, 0) is 31.2 Å². The van der Waals surface area contributed by atoms with Crippen molar-refractivity contribution in [2.75, 3.05) is 12.4 Å². The number of halogens is 1. The Labute approximate surface area is 115 Å². The first-order valence-corrected chi connectivity index (χ1v) is 7.26. The van der Waals surface area contributed by atoms with Gasteiger partial charge in [0.15, 0.2) is 0 Å². The topological polar surface area (TPSA) is 37.8 Å². The maximum Gasteiger partial charge on any atom is 0.134 e. The van der Waals surface area contributed by atoms with Gasteiger partial charge in [0.25, 0.3) is 0 Å². The second-order valence-electron chi connectivity index (χ2n) is 4.53. The maximum absolute atomic E-state index is 6.22. The third kappa shape index (κ3) is 1.99. The first kappa shape index (κ1) is 11.9. The third-order valence-electron chi connectivity index (χ3n) is 3.17. The number of nitrogens with one attached hydrogen (secondary N) is 1. The molecule has 0 radical (unpaired) electrons. The van der Waals surface area contributed by atoms with Gasteiger partial charge in [0.2, 0.25) is 0 Å².